The molecule has 9 nitrogen and oxygen atoms in total. The molecule has 3 aliphatic rings. The SMILES string of the molecule is CO/C(C)=C(\C(C)=O)c1ccc(N(c2ccccc2)c2ccc3c(c2)C(C)(C)c2ccccc2-3)c2ccccc12.CO/C(C)=C(\C(C)=O)c1ccc2cc(N(c3ccccc3)c3ccc4c(c3)C(C)(C)c3ccccc3-4)ccc2c1.CO/C(C)=C(\C(C)=O)c1cccc2c(N(c3ccccc3)c3ccc4c(c3)C(C)(C)c3ccccc3-4)cccc12. The first-order valence-corrected chi connectivity index (χ1v) is 41.1. The summed E-state index contributed by atoms with van der Waals surface area (Å²) in [7, 11) is 4.82. The molecule has 0 saturated carbocycles. The summed E-state index contributed by atoms with van der Waals surface area (Å²) in [5.74, 6) is 1.82. The van der Waals surface area contributed by atoms with E-state index in [1.165, 1.54) is 66.8 Å². The van der Waals surface area contributed by atoms with Gasteiger partial charge in [-0.05, 0) is 250 Å². The number of anilines is 9. The number of carbonyl (C=O) groups excluding carboxylic acids is 3. The maximum Gasteiger partial charge on any atom is 0.163 e. The normalized spacial score (nSPS) is 13.8. The Balaban J connectivity index is 0.000000134. The van der Waals surface area contributed by atoms with Crippen molar-refractivity contribution in [2.24, 2.45) is 0 Å². The van der Waals surface area contributed by atoms with Crippen LogP contribution in [0.5, 0.6) is 0 Å². The number of Topliss-reactive ketones (excluding diaryl/α,β-unsaturated/α-hetero) is 3. The molecular formula is C111H99N3O6. The smallest absolute Gasteiger partial charge is 0.163 e. The average Bonchev–Trinajstić information content (AvgIpc) is 1.57. The largest absolute Gasteiger partial charge is 0.501 e. The molecule has 594 valence electrons. The Bertz CT molecular complexity index is 6440. The van der Waals surface area contributed by atoms with Crippen molar-refractivity contribution in [3.63, 3.8) is 0 Å². The molecule has 0 radical (unpaired) electrons. The van der Waals surface area contributed by atoms with Crippen LogP contribution in [0.15, 0.2) is 345 Å². The third kappa shape index (κ3) is 14.3. The number of hydrogen-bond donors (Lipinski definition) is 0. The van der Waals surface area contributed by atoms with Crippen molar-refractivity contribution in [2.75, 3.05) is 36.0 Å². The third-order valence-corrected chi connectivity index (χ3v) is 24.7. The van der Waals surface area contributed by atoms with E-state index in [0.29, 0.717) is 34.0 Å². The zero-order valence-corrected chi connectivity index (χ0v) is 71.0. The molecule has 0 N–H and O–H groups in total. The summed E-state index contributed by atoms with van der Waals surface area (Å²) >= 11 is 0. The minimum absolute atomic E-state index is 0.00717. The van der Waals surface area contributed by atoms with Gasteiger partial charge in [-0.2, -0.15) is 0 Å². The highest BCUT2D eigenvalue weighted by molar-refractivity contribution is 6.25. The Hall–Kier alpha value is -13.9. The van der Waals surface area contributed by atoms with Crippen molar-refractivity contribution in [1.82, 2.24) is 0 Å². The molecule has 0 amide bonds. The first-order chi connectivity index (χ1) is 57.9. The van der Waals surface area contributed by atoms with Crippen molar-refractivity contribution in [2.45, 2.75) is 99.3 Å². The van der Waals surface area contributed by atoms with Crippen molar-refractivity contribution in [1.29, 1.82) is 0 Å². The number of nitrogens with zero attached hydrogens (tertiary/aromatic N) is 3. The Kier molecular flexibility index (Phi) is 21.7. The van der Waals surface area contributed by atoms with E-state index in [2.05, 4.69) is 341 Å². The molecule has 120 heavy (non-hydrogen) atoms. The van der Waals surface area contributed by atoms with Gasteiger partial charge in [0.1, 0.15) is 17.3 Å². The van der Waals surface area contributed by atoms with Crippen molar-refractivity contribution >= 4 is 118 Å². The summed E-state index contributed by atoms with van der Waals surface area (Å²) in [4.78, 5) is 44.9. The van der Waals surface area contributed by atoms with Gasteiger partial charge < -0.3 is 28.9 Å². The number of rotatable bonds is 18. The second kappa shape index (κ2) is 32.5. The molecular weight excluding hydrogens is 1470 g/mol. The van der Waals surface area contributed by atoms with E-state index in [-0.39, 0.29) is 33.6 Å². The maximum absolute atomic E-state index is 12.8. The summed E-state index contributed by atoms with van der Waals surface area (Å²) in [6, 6.07) is 116. The molecule has 0 bridgehead atoms. The number of allylic oxidation sites excluding steroid dienone is 6. The van der Waals surface area contributed by atoms with Gasteiger partial charge in [0, 0.05) is 66.8 Å². The van der Waals surface area contributed by atoms with Crippen molar-refractivity contribution in [3.8, 4) is 33.4 Å². The van der Waals surface area contributed by atoms with Crippen LogP contribution in [0.2, 0.25) is 0 Å². The van der Waals surface area contributed by atoms with Crippen LogP contribution in [0.1, 0.15) is 133 Å². The monoisotopic (exact) mass is 1570 g/mol. The summed E-state index contributed by atoms with van der Waals surface area (Å²) in [5, 5.41) is 6.33. The van der Waals surface area contributed by atoms with Crippen LogP contribution in [0.4, 0.5) is 51.2 Å². The number of hydrogen-bond acceptors (Lipinski definition) is 9. The highest BCUT2D eigenvalue weighted by Crippen LogP contribution is 2.55. The molecule has 0 heterocycles. The second-order valence-corrected chi connectivity index (χ2v) is 32.9. The number of ketones is 3. The van der Waals surface area contributed by atoms with Crippen LogP contribution in [0.3, 0.4) is 0 Å². The molecule has 0 unspecified atom stereocenters. The van der Waals surface area contributed by atoms with Crippen LogP contribution in [0.25, 0.3) is 82.4 Å². The molecule has 0 atom stereocenters. The maximum atomic E-state index is 12.8. The molecule has 15 aromatic carbocycles. The lowest BCUT2D eigenvalue weighted by Crippen LogP contribution is -2.16. The molecule has 0 spiro atoms. The number of carbonyl (C=O) groups is 3. The first kappa shape index (κ1) is 79.9. The molecule has 0 saturated heterocycles. The number of benzene rings is 15. The predicted molar refractivity (Wildman–Crippen MR) is 499 cm³/mol. The van der Waals surface area contributed by atoms with E-state index in [4.69, 9.17) is 14.2 Å². The van der Waals surface area contributed by atoms with Gasteiger partial charge in [-0.25, -0.2) is 0 Å². The van der Waals surface area contributed by atoms with Crippen molar-refractivity contribution in [3.05, 3.63) is 395 Å². The molecule has 0 aliphatic heterocycles. The quantitative estimate of drug-likeness (QED) is 0.0616. The van der Waals surface area contributed by atoms with E-state index < -0.39 is 0 Å². The Morgan fingerprint density at radius 1 is 0.242 bits per heavy atom. The fraction of sp³-hybridized carbons (Fsp3) is 0.162. The van der Waals surface area contributed by atoms with Gasteiger partial charge in [0.05, 0.1) is 49.4 Å². The fourth-order valence-corrected chi connectivity index (χ4v) is 18.7. The zero-order valence-electron chi connectivity index (χ0n) is 71.0. The molecule has 0 fully saturated rings. The van der Waals surface area contributed by atoms with Crippen LogP contribution >= 0.6 is 0 Å². The van der Waals surface area contributed by atoms with E-state index in [1.807, 2.05) is 63.2 Å². The summed E-state index contributed by atoms with van der Waals surface area (Å²) < 4.78 is 16.5. The lowest BCUT2D eigenvalue weighted by atomic mass is 9.82. The fourth-order valence-electron chi connectivity index (χ4n) is 18.7. The number of ether oxygens (including phenoxy) is 3. The second-order valence-electron chi connectivity index (χ2n) is 32.9. The van der Waals surface area contributed by atoms with Gasteiger partial charge in [-0.3, -0.25) is 14.4 Å². The minimum Gasteiger partial charge on any atom is -0.501 e. The van der Waals surface area contributed by atoms with Crippen LogP contribution < -0.4 is 14.7 Å². The van der Waals surface area contributed by atoms with Gasteiger partial charge in [0.2, 0.25) is 0 Å². The van der Waals surface area contributed by atoms with Gasteiger partial charge in [0.25, 0.3) is 0 Å². The molecule has 18 rings (SSSR count). The van der Waals surface area contributed by atoms with Crippen LogP contribution in [-0.2, 0) is 44.8 Å². The summed E-state index contributed by atoms with van der Waals surface area (Å²) in [6.07, 6.45) is 0. The lowest BCUT2D eigenvalue weighted by molar-refractivity contribution is -0.112. The standard InChI is InChI=1S/3C37H33NO2/c1-24(39)36(25(2)40-5)32-18-11-17-31-28(32)16-12-20-35(31)38(26-13-7-6-8-14-26)27-21-22-30-29-15-9-10-19-33(29)37(3,4)34(30)23-27;1-24(39)36(25(2)40-5)32-21-22-35(31-17-10-9-15-28(31)32)38(26-13-7-6-8-14-26)27-19-20-30-29-16-11-12-18-33(29)37(3,4)34(30)23-27;1-24(39)36(25(2)40-5)28-16-15-27-22-30(18-17-26(27)21-28)38(29-11-7-6-8-12-29)31-19-20-33-32-13-9-10-14-34(32)37(3,4)35(33)23-31/h3*6-23H,1-5H3/b3*36-25+. The number of para-hydroxylation sites is 3. The highest BCUT2D eigenvalue weighted by Gasteiger charge is 2.39. The third-order valence-electron chi connectivity index (χ3n) is 24.7. The van der Waals surface area contributed by atoms with Gasteiger partial charge >= 0.3 is 0 Å². The van der Waals surface area contributed by atoms with Gasteiger partial charge in [-0.15, -0.1) is 0 Å². The van der Waals surface area contributed by atoms with E-state index in [1.54, 1.807) is 42.1 Å². The van der Waals surface area contributed by atoms with E-state index >= 15 is 0 Å². The van der Waals surface area contributed by atoms with Gasteiger partial charge in [-0.1, -0.05) is 266 Å². The number of methoxy groups -OCH3 is 3. The molecule has 3 aliphatic carbocycles. The zero-order chi connectivity index (χ0) is 84.1. The molecule has 0 aromatic heterocycles. The average molecular weight is 1570 g/mol. The topological polar surface area (TPSA) is 88.6 Å². The van der Waals surface area contributed by atoms with Crippen LogP contribution in [-0.4, -0.2) is 38.7 Å². The summed E-state index contributed by atoms with van der Waals surface area (Å²) in [5.41, 5.74) is 29.9. The van der Waals surface area contributed by atoms with E-state index in [0.717, 1.165) is 100 Å². The lowest BCUT2D eigenvalue weighted by Gasteiger charge is -2.29. The van der Waals surface area contributed by atoms with Crippen molar-refractivity contribution < 1.29 is 28.6 Å². The highest BCUT2D eigenvalue weighted by atomic mass is 16.5. The Morgan fingerprint density at radius 2 is 0.550 bits per heavy atom. The van der Waals surface area contributed by atoms with Gasteiger partial charge in [0.15, 0.2) is 17.3 Å². The Morgan fingerprint density at radius 3 is 0.983 bits per heavy atom. The number of fused-ring (bicyclic) bond motifs is 12. The summed E-state index contributed by atoms with van der Waals surface area (Å²) in [6.45, 7) is 24.2. The molecule has 9 heteroatoms. The Labute approximate surface area is 705 Å². The first-order valence-electron chi connectivity index (χ1n) is 41.1. The molecule has 15 aromatic rings. The predicted octanol–water partition coefficient (Wildman–Crippen LogP) is 28.7. The minimum atomic E-state index is -0.102. The van der Waals surface area contributed by atoms with Crippen LogP contribution in [0, 0.1) is 0 Å². The van der Waals surface area contributed by atoms with E-state index in [9.17, 15) is 14.4 Å².